The summed E-state index contributed by atoms with van der Waals surface area (Å²) in [5.74, 6) is -0.292. The molecule has 2 amide bonds. The lowest BCUT2D eigenvalue weighted by molar-refractivity contribution is 0.0382. The number of amides is 2. The van der Waals surface area contributed by atoms with Crippen molar-refractivity contribution in [3.8, 4) is 11.8 Å². The van der Waals surface area contributed by atoms with Gasteiger partial charge in [0.2, 0.25) is 0 Å². The van der Waals surface area contributed by atoms with Crippen LogP contribution in [0.3, 0.4) is 0 Å². The van der Waals surface area contributed by atoms with E-state index in [-0.39, 0.29) is 11.9 Å². The summed E-state index contributed by atoms with van der Waals surface area (Å²) in [5, 5.41) is 20.9. The van der Waals surface area contributed by atoms with Gasteiger partial charge in [-0.25, -0.2) is 14.4 Å². The van der Waals surface area contributed by atoms with E-state index in [0.29, 0.717) is 47.7 Å². The zero-order valence-electron chi connectivity index (χ0n) is 18.8. The summed E-state index contributed by atoms with van der Waals surface area (Å²) < 4.78 is 10.9. The van der Waals surface area contributed by atoms with Crippen LogP contribution >= 0.6 is 11.3 Å². The van der Waals surface area contributed by atoms with E-state index in [0.717, 1.165) is 37.0 Å². The number of carboxylic acid groups (broad SMARTS) is 1. The maximum Gasteiger partial charge on any atom is 0.412 e. The number of nitrogens with zero attached hydrogens (tertiary/aromatic N) is 2. The smallest absolute Gasteiger partial charge is 0.412 e. The van der Waals surface area contributed by atoms with Crippen molar-refractivity contribution in [3.63, 3.8) is 0 Å². The van der Waals surface area contributed by atoms with Gasteiger partial charge in [-0.2, -0.15) is 5.26 Å². The number of nitriles is 1. The molecule has 1 aromatic rings. The number of unbranched alkanes of at least 4 members (excludes halogenated alkanes) is 3. The molecule has 176 valence electrons. The van der Waals surface area contributed by atoms with Crippen LogP contribution in [0.2, 0.25) is 0 Å². The van der Waals surface area contributed by atoms with Gasteiger partial charge < -0.3 is 24.8 Å². The fraction of sp³-hybridized carbons (Fsp3) is 0.636. The molecule has 0 aromatic carbocycles. The summed E-state index contributed by atoms with van der Waals surface area (Å²) in [7, 11) is 0. The SMILES string of the molecule is Cc1c(C(=O)OC(C)C)sc(C2CCCCN2C(=O)O)c1OC(=O)NCCCCCC#N. The molecule has 1 atom stereocenters. The van der Waals surface area contributed by atoms with Crippen LogP contribution in [0.5, 0.6) is 5.75 Å². The summed E-state index contributed by atoms with van der Waals surface area (Å²) in [6.45, 7) is 5.95. The third kappa shape index (κ3) is 6.85. The average molecular weight is 466 g/mol. The van der Waals surface area contributed by atoms with Gasteiger partial charge in [-0.1, -0.05) is 6.42 Å². The quantitative estimate of drug-likeness (QED) is 0.388. The van der Waals surface area contributed by atoms with Crippen LogP contribution < -0.4 is 10.1 Å². The maximum absolute atomic E-state index is 12.6. The summed E-state index contributed by atoms with van der Waals surface area (Å²) >= 11 is 1.13. The van der Waals surface area contributed by atoms with Crippen molar-refractivity contribution in [2.75, 3.05) is 13.1 Å². The minimum Gasteiger partial charge on any atom is -0.465 e. The molecule has 32 heavy (non-hydrogen) atoms. The summed E-state index contributed by atoms with van der Waals surface area (Å²) in [5.41, 5.74) is 0.468. The van der Waals surface area contributed by atoms with Crippen molar-refractivity contribution in [3.05, 3.63) is 15.3 Å². The Bertz CT molecular complexity index is 861. The van der Waals surface area contributed by atoms with Crippen LogP contribution in [0.1, 0.15) is 84.9 Å². The topological polar surface area (TPSA) is 129 Å². The van der Waals surface area contributed by atoms with Crippen LogP contribution in [-0.2, 0) is 4.74 Å². The molecule has 9 nitrogen and oxygen atoms in total. The summed E-state index contributed by atoms with van der Waals surface area (Å²) in [6.07, 6.45) is 2.96. The highest BCUT2D eigenvalue weighted by atomic mass is 32.1. The average Bonchev–Trinajstić information content (AvgIpc) is 3.06. The number of rotatable bonds is 9. The number of carbonyl (C=O) groups excluding carboxylic acids is 2. The molecule has 1 saturated heterocycles. The van der Waals surface area contributed by atoms with Gasteiger partial charge in [0.1, 0.15) is 4.88 Å². The highest BCUT2D eigenvalue weighted by Crippen LogP contribution is 2.45. The molecule has 2 N–H and O–H groups in total. The van der Waals surface area contributed by atoms with Crippen molar-refractivity contribution in [2.45, 2.75) is 77.9 Å². The second kappa shape index (κ2) is 12.3. The van der Waals surface area contributed by atoms with Crippen LogP contribution in [0.25, 0.3) is 0 Å². The van der Waals surface area contributed by atoms with Crippen molar-refractivity contribution in [1.29, 1.82) is 5.26 Å². The number of thiophene rings is 1. The predicted octanol–water partition coefficient (Wildman–Crippen LogP) is 5.00. The Morgan fingerprint density at radius 2 is 2.03 bits per heavy atom. The van der Waals surface area contributed by atoms with Crippen molar-refractivity contribution in [2.24, 2.45) is 0 Å². The molecule has 0 aliphatic carbocycles. The molecule has 2 heterocycles. The number of esters is 1. The Hall–Kier alpha value is -2.80. The fourth-order valence-electron chi connectivity index (χ4n) is 3.59. The molecule has 2 rings (SSSR count). The minimum absolute atomic E-state index is 0.228. The lowest BCUT2D eigenvalue weighted by Crippen LogP contribution is -2.37. The number of piperidine rings is 1. The largest absolute Gasteiger partial charge is 0.465 e. The summed E-state index contributed by atoms with van der Waals surface area (Å²) in [4.78, 5) is 39.0. The predicted molar refractivity (Wildman–Crippen MR) is 119 cm³/mol. The van der Waals surface area contributed by atoms with E-state index in [2.05, 4.69) is 11.4 Å². The Kier molecular flexibility index (Phi) is 9.78. The van der Waals surface area contributed by atoms with Crippen LogP contribution in [-0.4, -0.2) is 47.4 Å². The fourth-order valence-corrected chi connectivity index (χ4v) is 4.85. The first kappa shape index (κ1) is 25.5. The van der Waals surface area contributed by atoms with E-state index >= 15 is 0 Å². The molecule has 1 fully saturated rings. The molecule has 0 radical (unpaired) electrons. The Morgan fingerprint density at radius 1 is 1.28 bits per heavy atom. The van der Waals surface area contributed by atoms with Gasteiger partial charge in [-0.15, -0.1) is 11.3 Å². The Labute approximate surface area is 192 Å². The number of carbonyl (C=O) groups is 3. The van der Waals surface area contributed by atoms with Gasteiger partial charge >= 0.3 is 18.2 Å². The molecule has 0 bridgehead atoms. The number of nitrogens with one attached hydrogen (secondary N) is 1. The molecule has 1 unspecified atom stereocenters. The second-order valence-electron chi connectivity index (χ2n) is 7.98. The van der Waals surface area contributed by atoms with Crippen molar-refractivity contribution in [1.82, 2.24) is 10.2 Å². The molecular formula is C22H31N3O6S. The van der Waals surface area contributed by atoms with Gasteiger partial charge in [0.15, 0.2) is 5.75 Å². The standard InChI is InChI=1S/C22H31N3O6S/c1-14(2)30-20(26)18-15(3)17(31-21(27)24-12-8-5-4-7-11-23)19(32-18)16-10-6-9-13-25(16)22(28)29/h14,16H,4-10,12-13H2,1-3H3,(H,24,27)(H,28,29). The molecule has 1 aliphatic rings. The molecule has 10 heteroatoms. The minimum atomic E-state index is -1.04. The molecule has 0 spiro atoms. The maximum atomic E-state index is 12.6. The first-order chi connectivity index (χ1) is 15.3. The zero-order chi connectivity index (χ0) is 23.7. The third-order valence-electron chi connectivity index (χ3n) is 5.13. The number of likely N-dealkylation sites (tertiary alicyclic amines) is 1. The number of ether oxygens (including phenoxy) is 2. The van der Waals surface area contributed by atoms with Crippen molar-refractivity contribution >= 4 is 29.5 Å². The Balaban J connectivity index is 2.24. The monoisotopic (exact) mass is 465 g/mol. The lowest BCUT2D eigenvalue weighted by atomic mass is 10.00. The second-order valence-corrected chi connectivity index (χ2v) is 9.03. The Morgan fingerprint density at radius 3 is 2.69 bits per heavy atom. The zero-order valence-corrected chi connectivity index (χ0v) is 19.6. The van der Waals surface area contributed by atoms with Gasteiger partial charge in [0.05, 0.1) is 23.1 Å². The van der Waals surface area contributed by atoms with E-state index < -0.39 is 24.2 Å². The van der Waals surface area contributed by atoms with Gasteiger partial charge in [-0.05, 0) is 52.9 Å². The molecular weight excluding hydrogens is 434 g/mol. The van der Waals surface area contributed by atoms with Crippen LogP contribution in [0, 0.1) is 18.3 Å². The molecule has 0 saturated carbocycles. The van der Waals surface area contributed by atoms with E-state index in [1.807, 2.05) is 0 Å². The highest BCUT2D eigenvalue weighted by Gasteiger charge is 2.35. The normalized spacial score (nSPS) is 15.8. The van der Waals surface area contributed by atoms with Crippen LogP contribution in [0.4, 0.5) is 9.59 Å². The van der Waals surface area contributed by atoms with E-state index in [1.54, 1.807) is 20.8 Å². The van der Waals surface area contributed by atoms with E-state index in [9.17, 15) is 19.5 Å². The highest BCUT2D eigenvalue weighted by molar-refractivity contribution is 7.14. The molecule has 1 aromatic heterocycles. The summed E-state index contributed by atoms with van der Waals surface area (Å²) in [6, 6.07) is 1.60. The van der Waals surface area contributed by atoms with Gasteiger partial charge in [0, 0.05) is 25.1 Å². The number of hydrogen-bond acceptors (Lipinski definition) is 7. The van der Waals surface area contributed by atoms with E-state index in [1.165, 1.54) is 4.90 Å². The third-order valence-corrected chi connectivity index (χ3v) is 6.48. The number of hydrogen-bond donors (Lipinski definition) is 2. The van der Waals surface area contributed by atoms with Gasteiger partial charge in [-0.3, -0.25) is 0 Å². The van der Waals surface area contributed by atoms with Crippen LogP contribution in [0.15, 0.2) is 0 Å². The molecule has 1 aliphatic heterocycles. The van der Waals surface area contributed by atoms with Gasteiger partial charge in [0.25, 0.3) is 0 Å². The van der Waals surface area contributed by atoms with E-state index in [4.69, 9.17) is 14.7 Å². The lowest BCUT2D eigenvalue weighted by Gasteiger charge is -2.33. The van der Waals surface area contributed by atoms with Crippen molar-refractivity contribution < 1.29 is 29.0 Å². The first-order valence-corrected chi connectivity index (χ1v) is 11.7. The first-order valence-electron chi connectivity index (χ1n) is 10.9.